The molecule has 4 heteroatoms. The van der Waals surface area contributed by atoms with Crippen molar-refractivity contribution in [1.82, 2.24) is 9.80 Å². The highest BCUT2D eigenvalue weighted by molar-refractivity contribution is 5.76. The average molecular weight is 288 g/mol. The first-order valence-electron chi connectivity index (χ1n) is 7.88. The maximum Gasteiger partial charge on any atom is 0.323 e. The van der Waals surface area contributed by atoms with Crippen LogP contribution in [0.25, 0.3) is 0 Å². The number of benzene rings is 1. The molecule has 0 amide bonds. The predicted octanol–water partition coefficient (Wildman–Crippen LogP) is 1.90. The van der Waals surface area contributed by atoms with E-state index in [-0.39, 0.29) is 12.0 Å². The normalized spacial score (nSPS) is 24.5. The Balaban J connectivity index is 1.48. The Morgan fingerprint density at radius 1 is 1.14 bits per heavy atom. The second-order valence-corrected chi connectivity index (χ2v) is 6.06. The minimum Gasteiger partial charge on any atom is -0.468 e. The SMILES string of the molecule is COC(=O)C1CCN1C1CCN(Cc2ccccc2)CC1. The van der Waals surface area contributed by atoms with Crippen molar-refractivity contribution < 1.29 is 9.53 Å². The number of nitrogens with zero attached hydrogens (tertiary/aromatic N) is 2. The number of hydrogen-bond donors (Lipinski definition) is 0. The van der Waals surface area contributed by atoms with Gasteiger partial charge in [0.05, 0.1) is 7.11 Å². The van der Waals surface area contributed by atoms with Crippen molar-refractivity contribution in [3.8, 4) is 0 Å². The van der Waals surface area contributed by atoms with E-state index in [1.165, 1.54) is 12.7 Å². The van der Waals surface area contributed by atoms with Gasteiger partial charge in [-0.05, 0) is 37.9 Å². The van der Waals surface area contributed by atoms with Crippen LogP contribution in [0.2, 0.25) is 0 Å². The Labute approximate surface area is 126 Å². The standard InChI is InChI=1S/C17H24N2O2/c1-21-17(20)16-9-12-19(16)15-7-10-18(11-8-15)13-14-5-3-2-4-6-14/h2-6,15-16H,7-13H2,1H3. The fraction of sp³-hybridized carbons (Fsp3) is 0.588. The molecular weight excluding hydrogens is 264 g/mol. The molecule has 1 unspecified atom stereocenters. The van der Waals surface area contributed by atoms with Crippen LogP contribution < -0.4 is 0 Å². The summed E-state index contributed by atoms with van der Waals surface area (Å²) in [6.07, 6.45) is 3.26. The molecule has 3 rings (SSSR count). The second kappa shape index (κ2) is 6.58. The first kappa shape index (κ1) is 14.5. The van der Waals surface area contributed by atoms with Crippen LogP contribution in [0.3, 0.4) is 0 Å². The molecule has 0 bridgehead atoms. The van der Waals surface area contributed by atoms with Crippen molar-refractivity contribution in [2.24, 2.45) is 0 Å². The lowest BCUT2D eigenvalue weighted by Crippen LogP contribution is -2.59. The van der Waals surface area contributed by atoms with Gasteiger partial charge in [0.15, 0.2) is 0 Å². The molecule has 2 aliphatic heterocycles. The Hall–Kier alpha value is -1.39. The summed E-state index contributed by atoms with van der Waals surface area (Å²) >= 11 is 0. The van der Waals surface area contributed by atoms with Crippen molar-refractivity contribution in [2.45, 2.75) is 37.9 Å². The Morgan fingerprint density at radius 2 is 1.86 bits per heavy atom. The Morgan fingerprint density at radius 3 is 2.43 bits per heavy atom. The number of likely N-dealkylation sites (tertiary alicyclic amines) is 2. The first-order chi connectivity index (χ1) is 10.3. The minimum atomic E-state index is -0.0621. The molecular formula is C17H24N2O2. The summed E-state index contributed by atoms with van der Waals surface area (Å²) < 4.78 is 4.88. The van der Waals surface area contributed by atoms with Crippen LogP contribution in [0.4, 0.5) is 0 Å². The van der Waals surface area contributed by atoms with E-state index < -0.39 is 0 Å². The van der Waals surface area contributed by atoms with E-state index in [9.17, 15) is 4.79 Å². The van der Waals surface area contributed by atoms with Gasteiger partial charge in [0.2, 0.25) is 0 Å². The van der Waals surface area contributed by atoms with Crippen LogP contribution in [0.5, 0.6) is 0 Å². The summed E-state index contributed by atoms with van der Waals surface area (Å²) in [6.45, 7) is 4.31. The number of rotatable bonds is 4. The van der Waals surface area contributed by atoms with E-state index >= 15 is 0 Å². The average Bonchev–Trinajstić information content (AvgIpc) is 2.49. The number of methoxy groups -OCH3 is 1. The van der Waals surface area contributed by atoms with Crippen LogP contribution in [0, 0.1) is 0 Å². The highest BCUT2D eigenvalue weighted by atomic mass is 16.5. The van der Waals surface area contributed by atoms with Crippen molar-refractivity contribution in [1.29, 1.82) is 0 Å². The van der Waals surface area contributed by atoms with Gasteiger partial charge < -0.3 is 4.74 Å². The molecule has 21 heavy (non-hydrogen) atoms. The molecule has 114 valence electrons. The van der Waals surface area contributed by atoms with Gasteiger partial charge in [-0.25, -0.2) is 0 Å². The molecule has 0 saturated carbocycles. The quantitative estimate of drug-likeness (QED) is 0.792. The van der Waals surface area contributed by atoms with Gasteiger partial charge in [0.1, 0.15) is 6.04 Å². The highest BCUT2D eigenvalue weighted by Crippen LogP contribution is 2.27. The minimum absolute atomic E-state index is 0.0145. The van der Waals surface area contributed by atoms with Crippen LogP contribution in [-0.4, -0.2) is 54.6 Å². The van der Waals surface area contributed by atoms with E-state index in [2.05, 4.69) is 40.1 Å². The molecule has 0 radical (unpaired) electrons. The lowest BCUT2D eigenvalue weighted by Gasteiger charge is -2.47. The largest absolute Gasteiger partial charge is 0.468 e. The van der Waals surface area contributed by atoms with Crippen molar-refractivity contribution in [2.75, 3.05) is 26.7 Å². The number of carbonyl (C=O) groups excluding carboxylic acids is 1. The molecule has 4 nitrogen and oxygen atoms in total. The molecule has 1 aromatic carbocycles. The van der Waals surface area contributed by atoms with Crippen molar-refractivity contribution >= 4 is 5.97 Å². The van der Waals surface area contributed by atoms with Gasteiger partial charge in [-0.3, -0.25) is 14.6 Å². The van der Waals surface area contributed by atoms with Crippen molar-refractivity contribution in [3.05, 3.63) is 35.9 Å². The molecule has 0 aromatic heterocycles. The van der Waals surface area contributed by atoms with Gasteiger partial charge >= 0.3 is 5.97 Å². The molecule has 0 N–H and O–H groups in total. The smallest absolute Gasteiger partial charge is 0.323 e. The molecule has 1 atom stereocenters. The Kier molecular flexibility index (Phi) is 4.56. The van der Waals surface area contributed by atoms with E-state index in [4.69, 9.17) is 4.74 Å². The topological polar surface area (TPSA) is 32.8 Å². The highest BCUT2D eigenvalue weighted by Gasteiger charge is 2.40. The number of esters is 1. The summed E-state index contributed by atoms with van der Waals surface area (Å²) in [5, 5.41) is 0. The van der Waals surface area contributed by atoms with Crippen LogP contribution in [0.15, 0.2) is 30.3 Å². The second-order valence-electron chi connectivity index (χ2n) is 6.06. The number of carbonyl (C=O) groups is 1. The van der Waals surface area contributed by atoms with Gasteiger partial charge in [0.25, 0.3) is 0 Å². The lowest BCUT2D eigenvalue weighted by molar-refractivity contribution is -0.154. The van der Waals surface area contributed by atoms with E-state index in [0.29, 0.717) is 6.04 Å². The lowest BCUT2D eigenvalue weighted by atomic mass is 9.94. The third-order valence-electron chi connectivity index (χ3n) is 4.81. The van der Waals surface area contributed by atoms with Crippen molar-refractivity contribution in [3.63, 3.8) is 0 Å². The van der Waals surface area contributed by atoms with E-state index in [1.54, 1.807) is 0 Å². The van der Waals surface area contributed by atoms with E-state index in [1.807, 2.05) is 0 Å². The molecule has 2 fully saturated rings. The fourth-order valence-electron chi connectivity index (χ4n) is 3.48. The molecule has 0 spiro atoms. The zero-order valence-electron chi connectivity index (χ0n) is 12.7. The molecule has 2 aliphatic rings. The predicted molar refractivity (Wildman–Crippen MR) is 81.9 cm³/mol. The summed E-state index contributed by atoms with van der Waals surface area (Å²) in [4.78, 5) is 16.5. The van der Waals surface area contributed by atoms with E-state index in [0.717, 1.165) is 45.4 Å². The fourth-order valence-corrected chi connectivity index (χ4v) is 3.48. The third kappa shape index (κ3) is 3.27. The van der Waals surface area contributed by atoms with Gasteiger partial charge in [-0.15, -0.1) is 0 Å². The molecule has 2 saturated heterocycles. The Bertz CT molecular complexity index is 469. The molecule has 2 heterocycles. The maximum atomic E-state index is 11.7. The maximum absolute atomic E-state index is 11.7. The number of hydrogen-bond acceptors (Lipinski definition) is 4. The van der Waals surface area contributed by atoms with Gasteiger partial charge in [0, 0.05) is 19.1 Å². The third-order valence-corrected chi connectivity index (χ3v) is 4.81. The number of piperidine rings is 1. The van der Waals surface area contributed by atoms with Crippen LogP contribution in [-0.2, 0) is 16.1 Å². The van der Waals surface area contributed by atoms with Gasteiger partial charge in [-0.1, -0.05) is 30.3 Å². The molecule has 1 aromatic rings. The zero-order chi connectivity index (χ0) is 14.7. The summed E-state index contributed by atoms with van der Waals surface area (Å²) in [6, 6.07) is 11.2. The van der Waals surface area contributed by atoms with Crippen LogP contribution in [0.1, 0.15) is 24.8 Å². The summed E-state index contributed by atoms with van der Waals surface area (Å²) in [5.74, 6) is -0.0621. The monoisotopic (exact) mass is 288 g/mol. The van der Waals surface area contributed by atoms with Gasteiger partial charge in [-0.2, -0.15) is 0 Å². The summed E-state index contributed by atoms with van der Waals surface area (Å²) in [5.41, 5.74) is 1.38. The number of ether oxygens (including phenoxy) is 1. The molecule has 0 aliphatic carbocycles. The van der Waals surface area contributed by atoms with Crippen LogP contribution >= 0.6 is 0 Å². The first-order valence-corrected chi connectivity index (χ1v) is 7.88. The summed E-state index contributed by atoms with van der Waals surface area (Å²) in [7, 11) is 1.49. The zero-order valence-corrected chi connectivity index (χ0v) is 12.7.